The number of hydrogen-bond donors (Lipinski definition) is 4. The van der Waals surface area contributed by atoms with Crippen LogP contribution < -0.4 is 26.2 Å². The molecule has 0 bridgehead atoms. The highest BCUT2D eigenvalue weighted by Crippen LogP contribution is 2.54. The Balaban J connectivity index is 1.37. The van der Waals surface area contributed by atoms with Crippen LogP contribution in [0, 0.1) is 5.41 Å². The number of aliphatic hydroxyl groups excluding tert-OH is 1. The maximum absolute atomic E-state index is 13.5. The van der Waals surface area contributed by atoms with E-state index in [2.05, 4.69) is 20.4 Å². The number of aliphatic hydroxyl groups is 1. The van der Waals surface area contributed by atoms with Gasteiger partial charge in [-0.1, -0.05) is 6.07 Å². The van der Waals surface area contributed by atoms with Crippen molar-refractivity contribution in [3.8, 4) is 0 Å². The van der Waals surface area contributed by atoms with Gasteiger partial charge in [0.25, 0.3) is 5.91 Å². The average molecular weight is 494 g/mol. The molecule has 1 unspecified atom stereocenters. The highest BCUT2D eigenvalue weighted by molar-refractivity contribution is 6.07. The second-order valence-corrected chi connectivity index (χ2v) is 11.4. The molecule has 2 saturated heterocycles. The Morgan fingerprint density at radius 2 is 1.86 bits per heavy atom. The molecule has 4 heterocycles. The van der Waals surface area contributed by atoms with Gasteiger partial charge in [-0.2, -0.15) is 0 Å². The SMILES string of the molecule is CC(C)(CO)Nc1ccc(C(=O)Nc2cccc(N3CCCC(N)C3)n2)c(N2CCC3(CC2)CC3)n1. The third-order valence-electron chi connectivity index (χ3n) is 7.82. The fourth-order valence-corrected chi connectivity index (χ4v) is 5.26. The van der Waals surface area contributed by atoms with Crippen molar-refractivity contribution in [3.05, 3.63) is 35.9 Å². The molecule has 3 aliphatic rings. The van der Waals surface area contributed by atoms with Gasteiger partial charge in [0.05, 0.1) is 17.7 Å². The molecule has 1 atom stereocenters. The van der Waals surface area contributed by atoms with Crippen LogP contribution in [-0.4, -0.2) is 65.3 Å². The molecule has 0 radical (unpaired) electrons. The van der Waals surface area contributed by atoms with Crippen molar-refractivity contribution in [2.45, 2.75) is 64.0 Å². The summed E-state index contributed by atoms with van der Waals surface area (Å²) >= 11 is 0. The van der Waals surface area contributed by atoms with Gasteiger partial charge in [0.15, 0.2) is 0 Å². The van der Waals surface area contributed by atoms with Gasteiger partial charge in [0.1, 0.15) is 23.3 Å². The zero-order chi connectivity index (χ0) is 25.3. The van der Waals surface area contributed by atoms with Crippen LogP contribution in [0.5, 0.6) is 0 Å². The Labute approximate surface area is 213 Å². The van der Waals surface area contributed by atoms with Gasteiger partial charge in [0.2, 0.25) is 0 Å². The quantitative estimate of drug-likeness (QED) is 0.464. The minimum atomic E-state index is -0.518. The van der Waals surface area contributed by atoms with E-state index in [9.17, 15) is 9.90 Å². The predicted octanol–water partition coefficient (Wildman–Crippen LogP) is 3.22. The summed E-state index contributed by atoms with van der Waals surface area (Å²) in [4.78, 5) is 27.5. The molecule has 36 heavy (non-hydrogen) atoms. The first kappa shape index (κ1) is 24.8. The summed E-state index contributed by atoms with van der Waals surface area (Å²) in [6, 6.07) is 9.47. The molecule has 194 valence electrons. The molecular formula is C27H39N7O2. The van der Waals surface area contributed by atoms with Crippen LogP contribution in [0.4, 0.5) is 23.3 Å². The molecule has 3 fully saturated rings. The van der Waals surface area contributed by atoms with Crippen LogP contribution in [0.1, 0.15) is 62.7 Å². The normalized spacial score (nSPS) is 21.4. The Morgan fingerprint density at radius 3 is 2.56 bits per heavy atom. The number of amides is 1. The largest absolute Gasteiger partial charge is 0.394 e. The Kier molecular flexibility index (Phi) is 6.78. The molecule has 2 aromatic heterocycles. The van der Waals surface area contributed by atoms with Gasteiger partial charge in [-0.15, -0.1) is 0 Å². The highest BCUT2D eigenvalue weighted by Gasteiger charge is 2.45. The fraction of sp³-hybridized carbons (Fsp3) is 0.593. The van der Waals surface area contributed by atoms with Crippen LogP contribution in [-0.2, 0) is 0 Å². The van der Waals surface area contributed by atoms with E-state index in [1.165, 1.54) is 12.8 Å². The highest BCUT2D eigenvalue weighted by atomic mass is 16.3. The van der Waals surface area contributed by atoms with E-state index >= 15 is 0 Å². The minimum absolute atomic E-state index is 0.0254. The van der Waals surface area contributed by atoms with Crippen molar-refractivity contribution in [2.75, 3.05) is 53.2 Å². The van der Waals surface area contributed by atoms with E-state index in [0.29, 0.717) is 28.4 Å². The Bertz CT molecular complexity index is 1090. The minimum Gasteiger partial charge on any atom is -0.394 e. The number of nitrogens with zero attached hydrogens (tertiary/aromatic N) is 4. The van der Waals surface area contributed by atoms with Crippen molar-refractivity contribution >= 4 is 29.2 Å². The zero-order valence-corrected chi connectivity index (χ0v) is 21.5. The van der Waals surface area contributed by atoms with Crippen molar-refractivity contribution in [1.29, 1.82) is 0 Å². The number of rotatable bonds is 7. The molecule has 5 N–H and O–H groups in total. The van der Waals surface area contributed by atoms with Crippen molar-refractivity contribution in [1.82, 2.24) is 9.97 Å². The lowest BCUT2D eigenvalue weighted by molar-refractivity contribution is 0.102. The van der Waals surface area contributed by atoms with E-state index in [1.54, 1.807) is 6.07 Å². The summed E-state index contributed by atoms with van der Waals surface area (Å²) in [5, 5.41) is 16.0. The van der Waals surface area contributed by atoms with E-state index in [0.717, 1.165) is 57.7 Å². The first-order chi connectivity index (χ1) is 17.3. The predicted molar refractivity (Wildman–Crippen MR) is 144 cm³/mol. The number of nitrogens with one attached hydrogen (secondary N) is 2. The summed E-state index contributed by atoms with van der Waals surface area (Å²) < 4.78 is 0. The standard InChI is InChI=1S/C27H39N7O2/c1-26(2,18-35)32-22-9-8-20(24(30-22)33-15-12-27(10-11-27)13-16-33)25(36)31-21-6-3-7-23(29-21)34-14-4-5-19(28)17-34/h3,6-9,19,35H,4-5,10-18,28H2,1-2H3,(H,30,32)(H,29,31,36). The maximum Gasteiger partial charge on any atom is 0.260 e. The van der Waals surface area contributed by atoms with E-state index in [-0.39, 0.29) is 18.6 Å². The lowest BCUT2D eigenvalue weighted by Crippen LogP contribution is -2.43. The number of anilines is 4. The molecule has 2 aliphatic heterocycles. The van der Waals surface area contributed by atoms with Crippen molar-refractivity contribution < 1.29 is 9.90 Å². The molecule has 1 saturated carbocycles. The van der Waals surface area contributed by atoms with Crippen LogP contribution in [0.2, 0.25) is 0 Å². The van der Waals surface area contributed by atoms with E-state index in [1.807, 2.05) is 38.1 Å². The second-order valence-electron chi connectivity index (χ2n) is 11.4. The van der Waals surface area contributed by atoms with Gasteiger partial charge in [-0.05, 0) is 82.1 Å². The number of piperidine rings is 2. The third-order valence-corrected chi connectivity index (χ3v) is 7.82. The van der Waals surface area contributed by atoms with Gasteiger partial charge in [-0.3, -0.25) is 4.79 Å². The van der Waals surface area contributed by atoms with Gasteiger partial charge in [-0.25, -0.2) is 9.97 Å². The summed E-state index contributed by atoms with van der Waals surface area (Å²) in [7, 11) is 0. The fourth-order valence-electron chi connectivity index (χ4n) is 5.26. The average Bonchev–Trinajstić information content (AvgIpc) is 3.63. The molecule has 9 heteroatoms. The molecule has 1 amide bonds. The van der Waals surface area contributed by atoms with Crippen LogP contribution >= 0.6 is 0 Å². The summed E-state index contributed by atoms with van der Waals surface area (Å²) in [6.45, 7) is 7.28. The first-order valence-electron chi connectivity index (χ1n) is 13.2. The van der Waals surface area contributed by atoms with Crippen LogP contribution in [0.3, 0.4) is 0 Å². The molecule has 2 aromatic rings. The zero-order valence-electron chi connectivity index (χ0n) is 21.5. The Morgan fingerprint density at radius 1 is 1.08 bits per heavy atom. The number of nitrogens with two attached hydrogens (primary N) is 1. The molecule has 0 aromatic carbocycles. The lowest BCUT2D eigenvalue weighted by Gasteiger charge is -2.34. The van der Waals surface area contributed by atoms with Gasteiger partial charge < -0.3 is 31.3 Å². The van der Waals surface area contributed by atoms with E-state index < -0.39 is 5.54 Å². The van der Waals surface area contributed by atoms with Crippen molar-refractivity contribution in [3.63, 3.8) is 0 Å². The third kappa shape index (κ3) is 5.57. The number of carbonyl (C=O) groups excluding carboxylic acids is 1. The number of carbonyl (C=O) groups is 1. The summed E-state index contributed by atoms with van der Waals surface area (Å²) in [5.41, 5.74) is 6.69. The molecular weight excluding hydrogens is 454 g/mol. The van der Waals surface area contributed by atoms with E-state index in [4.69, 9.17) is 15.7 Å². The van der Waals surface area contributed by atoms with Gasteiger partial charge in [0, 0.05) is 32.2 Å². The smallest absolute Gasteiger partial charge is 0.260 e. The monoisotopic (exact) mass is 493 g/mol. The number of aromatic nitrogens is 2. The molecule has 1 spiro atoms. The molecule has 9 nitrogen and oxygen atoms in total. The maximum atomic E-state index is 13.5. The first-order valence-corrected chi connectivity index (χ1v) is 13.2. The Hall–Kier alpha value is -2.91. The van der Waals surface area contributed by atoms with Crippen LogP contribution in [0.25, 0.3) is 0 Å². The van der Waals surface area contributed by atoms with Gasteiger partial charge >= 0.3 is 0 Å². The van der Waals surface area contributed by atoms with Crippen LogP contribution in [0.15, 0.2) is 30.3 Å². The summed E-state index contributed by atoms with van der Waals surface area (Å²) in [5.74, 6) is 2.45. The molecule has 1 aliphatic carbocycles. The summed E-state index contributed by atoms with van der Waals surface area (Å²) in [6.07, 6.45) is 6.98. The number of pyridine rings is 2. The number of hydrogen-bond acceptors (Lipinski definition) is 8. The topological polar surface area (TPSA) is 120 Å². The second kappa shape index (κ2) is 9.86. The van der Waals surface area contributed by atoms with Crippen molar-refractivity contribution in [2.24, 2.45) is 11.1 Å². The lowest BCUT2D eigenvalue weighted by atomic mass is 9.93. The molecule has 5 rings (SSSR count).